The van der Waals surface area contributed by atoms with E-state index in [0.717, 1.165) is 9.87 Å². The van der Waals surface area contributed by atoms with Crippen LogP contribution >= 0.6 is 11.0 Å². The monoisotopic (exact) mass is 331 g/mol. The van der Waals surface area contributed by atoms with Crippen LogP contribution in [0, 0.1) is 0 Å². The Bertz CT molecular complexity index is 554. The summed E-state index contributed by atoms with van der Waals surface area (Å²) in [5.41, 5.74) is 1.03. The molecular formula is C13H21N3O5S. The number of phenols is 1. The Morgan fingerprint density at radius 3 is 2.77 bits per heavy atom. The molecule has 1 aromatic carbocycles. The topological polar surface area (TPSA) is 125 Å². The molecule has 1 saturated heterocycles. The summed E-state index contributed by atoms with van der Waals surface area (Å²) < 4.78 is 23.1. The number of nitrogens with zero attached hydrogens (tertiary/aromatic N) is 1. The minimum Gasteiger partial charge on any atom is -0.506 e. The molecule has 0 aliphatic carbocycles. The molecule has 9 heteroatoms. The van der Waals surface area contributed by atoms with Crippen molar-refractivity contribution in [2.75, 3.05) is 17.4 Å². The minimum atomic E-state index is -3.34. The van der Waals surface area contributed by atoms with Gasteiger partial charge in [0.25, 0.3) is 0 Å². The first-order valence-electron chi connectivity index (χ1n) is 6.93. The lowest BCUT2D eigenvalue weighted by Crippen LogP contribution is -2.26. The molecule has 1 aliphatic heterocycles. The van der Waals surface area contributed by atoms with Gasteiger partial charge in [-0.05, 0) is 24.1 Å². The third kappa shape index (κ3) is 3.81. The Morgan fingerprint density at radius 2 is 2.23 bits per heavy atom. The van der Waals surface area contributed by atoms with Crippen LogP contribution in [-0.2, 0) is 11.2 Å². The molecule has 1 unspecified atom stereocenters. The zero-order chi connectivity index (χ0) is 16.3. The van der Waals surface area contributed by atoms with E-state index in [-0.39, 0.29) is 23.9 Å². The van der Waals surface area contributed by atoms with E-state index in [1.54, 1.807) is 19.1 Å². The molecule has 1 aliphatic rings. The predicted molar refractivity (Wildman–Crippen MR) is 84.4 cm³/mol. The van der Waals surface area contributed by atoms with Crippen molar-refractivity contribution in [3.63, 3.8) is 0 Å². The summed E-state index contributed by atoms with van der Waals surface area (Å²) in [5, 5.41) is 22.3. The number of aromatic hydroxyl groups is 1. The summed E-state index contributed by atoms with van der Waals surface area (Å²) >= 11 is 0. The number of nitrogens with one attached hydrogen (secondary N) is 2. The van der Waals surface area contributed by atoms with E-state index in [1.807, 2.05) is 0 Å². The van der Waals surface area contributed by atoms with Gasteiger partial charge in [0.2, 0.25) is 5.91 Å². The van der Waals surface area contributed by atoms with Gasteiger partial charge in [-0.15, -0.1) is 0 Å². The van der Waals surface area contributed by atoms with Crippen LogP contribution < -0.4 is 14.3 Å². The van der Waals surface area contributed by atoms with E-state index < -0.39 is 17.2 Å². The lowest BCUT2D eigenvalue weighted by Gasteiger charge is -2.36. The number of aliphatic hydroxyl groups is 1. The van der Waals surface area contributed by atoms with Crippen LogP contribution in [0.15, 0.2) is 18.2 Å². The fourth-order valence-corrected chi connectivity index (χ4v) is 3.53. The van der Waals surface area contributed by atoms with E-state index in [1.165, 1.54) is 6.07 Å². The molecular weight excluding hydrogens is 310 g/mol. The fourth-order valence-electron chi connectivity index (χ4n) is 2.19. The van der Waals surface area contributed by atoms with Gasteiger partial charge in [-0.1, -0.05) is 24.0 Å². The maximum atomic E-state index is 11.1. The van der Waals surface area contributed by atoms with Gasteiger partial charge in [0.05, 0.1) is 6.54 Å². The third-order valence-corrected chi connectivity index (χ3v) is 4.85. The molecule has 1 amide bonds. The molecule has 1 aromatic rings. The Hall–Kier alpha value is -1.52. The lowest BCUT2D eigenvalue weighted by molar-refractivity contribution is -0.120. The van der Waals surface area contributed by atoms with Crippen LogP contribution in [0.1, 0.15) is 18.9 Å². The number of carbonyl (C=O) groups is 1. The number of carbonyl (C=O) groups excluding carboxylic acids is 1. The smallest absolute Gasteiger partial charge is 0.219 e. The van der Waals surface area contributed by atoms with Gasteiger partial charge >= 0.3 is 0 Å². The molecule has 1 fully saturated rings. The molecule has 0 radical (unpaired) electrons. The molecule has 0 saturated carbocycles. The van der Waals surface area contributed by atoms with Crippen molar-refractivity contribution in [1.29, 1.82) is 0 Å². The first-order chi connectivity index (χ1) is 10.3. The quantitative estimate of drug-likeness (QED) is 0.471. The molecule has 6 N–H and O–H groups in total. The molecule has 0 bridgehead atoms. The van der Waals surface area contributed by atoms with Gasteiger partial charge < -0.3 is 15.5 Å². The van der Waals surface area contributed by atoms with E-state index in [2.05, 4.69) is 10.0 Å². The standard InChI is InChI=1S/C13H21N3O5S/c1-2-12(18)14-6-5-9-3-4-10(11(17)7-9)16-8-13(19)15-22(16,20)21/h3-4,7,13,15,17,19-21H,2,5-6,8H2,1H3,(H,14,18). The zero-order valence-electron chi connectivity index (χ0n) is 12.2. The first kappa shape index (κ1) is 16.8. The summed E-state index contributed by atoms with van der Waals surface area (Å²) in [4.78, 5) is 11.1. The van der Waals surface area contributed by atoms with E-state index in [0.29, 0.717) is 19.4 Å². The average molecular weight is 331 g/mol. The number of phenolic OH excluding ortho intramolecular Hbond substituents is 1. The summed E-state index contributed by atoms with van der Waals surface area (Å²) in [6, 6.07) is 4.79. The Balaban J connectivity index is 2.05. The van der Waals surface area contributed by atoms with Gasteiger partial charge in [0, 0.05) is 13.0 Å². The van der Waals surface area contributed by atoms with Gasteiger partial charge in [-0.25, -0.2) is 0 Å². The highest BCUT2D eigenvalue weighted by molar-refractivity contribution is 8.24. The summed E-state index contributed by atoms with van der Waals surface area (Å²) in [7, 11) is -3.34. The van der Waals surface area contributed by atoms with Gasteiger partial charge in [0.15, 0.2) is 0 Å². The van der Waals surface area contributed by atoms with Crippen molar-refractivity contribution in [2.45, 2.75) is 26.0 Å². The molecule has 8 nitrogen and oxygen atoms in total. The molecule has 0 spiro atoms. The zero-order valence-corrected chi connectivity index (χ0v) is 13.0. The number of β-amino-alcohol motifs (C(OH)–C–C–N with tert-alkyl or cyclic N) is 1. The van der Waals surface area contributed by atoms with Crippen LogP contribution in [-0.4, -0.2) is 44.5 Å². The predicted octanol–water partition coefficient (Wildman–Crippen LogP) is 0.769. The van der Waals surface area contributed by atoms with Crippen LogP contribution in [0.5, 0.6) is 5.75 Å². The fraction of sp³-hybridized carbons (Fsp3) is 0.462. The Kier molecular flexibility index (Phi) is 5.14. The number of anilines is 1. The number of benzene rings is 1. The number of amides is 1. The highest BCUT2D eigenvalue weighted by atomic mass is 32.3. The van der Waals surface area contributed by atoms with Gasteiger partial charge in [0.1, 0.15) is 17.7 Å². The van der Waals surface area contributed by atoms with Crippen LogP contribution in [0.2, 0.25) is 0 Å². The Labute approximate surface area is 130 Å². The normalized spacial score (nSPS) is 21.6. The average Bonchev–Trinajstić information content (AvgIpc) is 2.71. The van der Waals surface area contributed by atoms with E-state index >= 15 is 0 Å². The van der Waals surface area contributed by atoms with Crippen LogP contribution in [0.25, 0.3) is 0 Å². The summed E-state index contributed by atoms with van der Waals surface area (Å²) in [6.45, 7) is 2.19. The minimum absolute atomic E-state index is 0.0353. The highest BCUT2D eigenvalue weighted by Gasteiger charge is 2.36. The maximum absolute atomic E-state index is 11.1. The second-order valence-corrected chi connectivity index (χ2v) is 6.70. The second kappa shape index (κ2) is 6.71. The molecule has 1 heterocycles. The summed E-state index contributed by atoms with van der Waals surface area (Å²) in [5.74, 6) is -0.151. The number of rotatable bonds is 5. The van der Waals surface area contributed by atoms with Crippen LogP contribution in [0.3, 0.4) is 0 Å². The van der Waals surface area contributed by atoms with Gasteiger partial charge in [-0.3, -0.25) is 18.2 Å². The summed E-state index contributed by atoms with van der Waals surface area (Å²) in [6.07, 6.45) is -0.100. The Morgan fingerprint density at radius 1 is 1.50 bits per heavy atom. The third-order valence-electron chi connectivity index (χ3n) is 3.31. The SMILES string of the molecule is CCC(=O)NCCc1ccc(N2CC(O)NS2(O)O)c(O)c1. The van der Waals surface area contributed by atoms with E-state index in [9.17, 15) is 24.1 Å². The lowest BCUT2D eigenvalue weighted by atomic mass is 10.1. The van der Waals surface area contributed by atoms with Crippen LogP contribution in [0.4, 0.5) is 5.69 Å². The molecule has 124 valence electrons. The highest BCUT2D eigenvalue weighted by Crippen LogP contribution is 2.49. The number of aliphatic hydroxyl groups excluding tert-OH is 1. The maximum Gasteiger partial charge on any atom is 0.219 e. The number of hydrogen-bond acceptors (Lipinski definition) is 7. The molecule has 0 aromatic heterocycles. The number of hydrogen-bond donors (Lipinski definition) is 6. The molecule has 2 rings (SSSR count). The molecule has 22 heavy (non-hydrogen) atoms. The first-order valence-corrected chi connectivity index (χ1v) is 8.43. The van der Waals surface area contributed by atoms with Crippen molar-refractivity contribution in [1.82, 2.24) is 10.0 Å². The van der Waals surface area contributed by atoms with Crippen molar-refractivity contribution in [3.8, 4) is 5.75 Å². The van der Waals surface area contributed by atoms with Crippen molar-refractivity contribution < 1.29 is 24.1 Å². The van der Waals surface area contributed by atoms with Crippen molar-refractivity contribution in [3.05, 3.63) is 23.8 Å². The van der Waals surface area contributed by atoms with E-state index in [4.69, 9.17) is 0 Å². The molecule has 1 atom stereocenters. The van der Waals surface area contributed by atoms with Crippen molar-refractivity contribution >= 4 is 22.6 Å². The second-order valence-electron chi connectivity index (χ2n) is 4.99. The largest absolute Gasteiger partial charge is 0.506 e. The van der Waals surface area contributed by atoms with Gasteiger partial charge in [-0.2, -0.15) is 4.72 Å². The van der Waals surface area contributed by atoms with Crippen molar-refractivity contribution in [2.24, 2.45) is 0 Å².